The summed E-state index contributed by atoms with van der Waals surface area (Å²) in [4.78, 5) is 11.3. The predicted octanol–water partition coefficient (Wildman–Crippen LogP) is 2.18. The summed E-state index contributed by atoms with van der Waals surface area (Å²) in [6.45, 7) is 0.404. The summed E-state index contributed by atoms with van der Waals surface area (Å²) in [5.74, 6) is -0.195. The van der Waals surface area contributed by atoms with Gasteiger partial charge in [-0.05, 0) is 12.1 Å². The van der Waals surface area contributed by atoms with Crippen LogP contribution < -0.4 is 5.32 Å². The van der Waals surface area contributed by atoms with Crippen LogP contribution in [0.1, 0.15) is 18.1 Å². The minimum absolute atomic E-state index is 0.0615. The van der Waals surface area contributed by atoms with Crippen LogP contribution in [0.5, 0.6) is 0 Å². The van der Waals surface area contributed by atoms with E-state index in [0.717, 1.165) is 0 Å². The monoisotopic (exact) mass is 291 g/mol. The SMILES string of the molecule is COCCC(=O)NCC(O)c1c(Cl)cccc1Cl. The zero-order valence-corrected chi connectivity index (χ0v) is 11.5. The molecule has 0 aliphatic rings. The maximum absolute atomic E-state index is 11.3. The minimum atomic E-state index is -0.933. The van der Waals surface area contributed by atoms with Crippen LogP contribution in [0, 0.1) is 0 Å². The van der Waals surface area contributed by atoms with Gasteiger partial charge in [0.25, 0.3) is 0 Å². The molecule has 0 aliphatic heterocycles. The van der Waals surface area contributed by atoms with E-state index in [2.05, 4.69) is 5.32 Å². The molecule has 1 atom stereocenters. The number of nitrogens with one attached hydrogen (secondary N) is 1. The van der Waals surface area contributed by atoms with E-state index in [1.54, 1.807) is 18.2 Å². The zero-order valence-electron chi connectivity index (χ0n) is 9.95. The van der Waals surface area contributed by atoms with E-state index in [0.29, 0.717) is 22.2 Å². The fourth-order valence-corrected chi connectivity index (χ4v) is 2.07. The van der Waals surface area contributed by atoms with E-state index in [1.165, 1.54) is 7.11 Å². The Kier molecular flexibility index (Phi) is 6.43. The highest BCUT2D eigenvalue weighted by Crippen LogP contribution is 2.29. The number of ether oxygens (including phenoxy) is 1. The molecular formula is C12H15Cl2NO3. The first-order valence-corrected chi connectivity index (χ1v) is 6.19. The Bertz CT molecular complexity index is 392. The number of hydrogen-bond acceptors (Lipinski definition) is 3. The van der Waals surface area contributed by atoms with Gasteiger partial charge in [-0.1, -0.05) is 29.3 Å². The van der Waals surface area contributed by atoms with Crippen molar-refractivity contribution in [1.82, 2.24) is 5.32 Å². The van der Waals surface area contributed by atoms with Crippen LogP contribution in [0.4, 0.5) is 0 Å². The van der Waals surface area contributed by atoms with Gasteiger partial charge in [-0.15, -0.1) is 0 Å². The second-order valence-electron chi connectivity index (χ2n) is 3.70. The predicted molar refractivity (Wildman–Crippen MR) is 70.9 cm³/mol. The molecule has 1 unspecified atom stereocenters. The highest BCUT2D eigenvalue weighted by molar-refractivity contribution is 6.36. The number of methoxy groups -OCH3 is 1. The summed E-state index contributed by atoms with van der Waals surface area (Å²) in [5, 5.41) is 13.3. The molecule has 0 fully saturated rings. The molecule has 0 saturated heterocycles. The molecule has 6 heteroatoms. The van der Waals surface area contributed by atoms with Crippen molar-refractivity contribution in [2.75, 3.05) is 20.3 Å². The minimum Gasteiger partial charge on any atom is -0.386 e. The Morgan fingerprint density at radius 1 is 1.44 bits per heavy atom. The van der Waals surface area contributed by atoms with E-state index < -0.39 is 6.10 Å². The first-order valence-electron chi connectivity index (χ1n) is 5.44. The summed E-state index contributed by atoms with van der Waals surface area (Å²) in [5.41, 5.74) is 0.424. The van der Waals surface area contributed by atoms with Gasteiger partial charge in [0.05, 0.1) is 12.7 Å². The number of halogens is 2. The number of benzene rings is 1. The highest BCUT2D eigenvalue weighted by atomic mass is 35.5. The van der Waals surface area contributed by atoms with Gasteiger partial charge >= 0.3 is 0 Å². The summed E-state index contributed by atoms with van der Waals surface area (Å²) < 4.78 is 4.78. The van der Waals surface area contributed by atoms with Gasteiger partial charge in [0.15, 0.2) is 0 Å². The van der Waals surface area contributed by atoms with Crippen molar-refractivity contribution in [3.8, 4) is 0 Å². The Labute approximate surface area is 116 Å². The quantitative estimate of drug-likeness (QED) is 0.845. The summed E-state index contributed by atoms with van der Waals surface area (Å²) in [7, 11) is 1.52. The van der Waals surface area contributed by atoms with Crippen LogP contribution in [-0.4, -0.2) is 31.3 Å². The van der Waals surface area contributed by atoms with Gasteiger partial charge in [0, 0.05) is 35.7 Å². The number of hydrogen-bond donors (Lipinski definition) is 2. The molecule has 0 spiro atoms. The number of carbonyl (C=O) groups excluding carboxylic acids is 1. The van der Waals surface area contributed by atoms with Crippen molar-refractivity contribution >= 4 is 29.1 Å². The molecule has 0 aliphatic carbocycles. The lowest BCUT2D eigenvalue weighted by molar-refractivity contribution is -0.122. The molecule has 1 rings (SSSR count). The first-order chi connectivity index (χ1) is 8.56. The van der Waals surface area contributed by atoms with Gasteiger partial charge in [-0.2, -0.15) is 0 Å². The topological polar surface area (TPSA) is 58.6 Å². The van der Waals surface area contributed by atoms with Crippen molar-refractivity contribution < 1.29 is 14.6 Å². The third-order valence-corrected chi connectivity index (χ3v) is 3.02. The third kappa shape index (κ3) is 4.46. The standard InChI is InChI=1S/C12H15Cl2NO3/c1-18-6-5-11(17)15-7-10(16)12-8(13)3-2-4-9(12)14/h2-4,10,16H,5-7H2,1H3,(H,15,17). The molecule has 0 radical (unpaired) electrons. The van der Waals surface area contributed by atoms with E-state index in [4.69, 9.17) is 27.9 Å². The normalized spacial score (nSPS) is 12.2. The highest BCUT2D eigenvalue weighted by Gasteiger charge is 2.16. The van der Waals surface area contributed by atoms with Crippen molar-refractivity contribution in [2.24, 2.45) is 0 Å². The summed E-state index contributed by atoms with van der Waals surface area (Å²) in [6.07, 6.45) is -0.683. The van der Waals surface area contributed by atoms with Gasteiger partial charge in [-0.3, -0.25) is 4.79 Å². The van der Waals surface area contributed by atoms with E-state index in [-0.39, 0.29) is 18.9 Å². The van der Waals surface area contributed by atoms with Gasteiger partial charge in [-0.25, -0.2) is 0 Å². The van der Waals surface area contributed by atoms with Crippen molar-refractivity contribution in [1.29, 1.82) is 0 Å². The molecule has 0 aromatic heterocycles. The third-order valence-electron chi connectivity index (χ3n) is 2.36. The average Bonchev–Trinajstić information content (AvgIpc) is 2.33. The average molecular weight is 292 g/mol. The molecular weight excluding hydrogens is 277 g/mol. The molecule has 18 heavy (non-hydrogen) atoms. The first kappa shape index (κ1) is 15.2. The van der Waals surface area contributed by atoms with Gasteiger partial charge in [0.1, 0.15) is 0 Å². The molecule has 0 heterocycles. The largest absolute Gasteiger partial charge is 0.386 e. The molecule has 1 amide bonds. The molecule has 0 bridgehead atoms. The molecule has 1 aromatic carbocycles. The number of aliphatic hydroxyl groups excluding tert-OH is 1. The van der Waals surface area contributed by atoms with Crippen LogP contribution >= 0.6 is 23.2 Å². The molecule has 1 aromatic rings. The lowest BCUT2D eigenvalue weighted by Gasteiger charge is -2.15. The fraction of sp³-hybridized carbons (Fsp3) is 0.417. The Morgan fingerprint density at radius 3 is 2.61 bits per heavy atom. The number of rotatable bonds is 6. The molecule has 100 valence electrons. The summed E-state index contributed by atoms with van der Waals surface area (Å²) in [6, 6.07) is 4.97. The van der Waals surface area contributed by atoms with Crippen molar-refractivity contribution in [2.45, 2.75) is 12.5 Å². The maximum atomic E-state index is 11.3. The van der Waals surface area contributed by atoms with Crippen LogP contribution in [0.3, 0.4) is 0 Å². The lowest BCUT2D eigenvalue weighted by Crippen LogP contribution is -2.29. The van der Waals surface area contributed by atoms with Crippen molar-refractivity contribution in [3.05, 3.63) is 33.8 Å². The van der Waals surface area contributed by atoms with Crippen LogP contribution in [0.15, 0.2) is 18.2 Å². The smallest absolute Gasteiger partial charge is 0.222 e. The summed E-state index contributed by atoms with van der Waals surface area (Å²) >= 11 is 11.9. The van der Waals surface area contributed by atoms with E-state index in [1.807, 2.05) is 0 Å². The molecule has 2 N–H and O–H groups in total. The Morgan fingerprint density at radius 2 is 2.06 bits per heavy atom. The molecule has 4 nitrogen and oxygen atoms in total. The van der Waals surface area contributed by atoms with Crippen LogP contribution in [-0.2, 0) is 9.53 Å². The number of aliphatic hydroxyl groups is 1. The molecule has 0 saturated carbocycles. The van der Waals surface area contributed by atoms with Gasteiger partial charge < -0.3 is 15.2 Å². The zero-order chi connectivity index (χ0) is 13.5. The fourth-order valence-electron chi connectivity index (χ4n) is 1.42. The Balaban J connectivity index is 2.55. The van der Waals surface area contributed by atoms with E-state index >= 15 is 0 Å². The number of carbonyl (C=O) groups is 1. The lowest BCUT2D eigenvalue weighted by atomic mass is 10.1. The van der Waals surface area contributed by atoms with Crippen molar-refractivity contribution in [3.63, 3.8) is 0 Å². The maximum Gasteiger partial charge on any atom is 0.222 e. The van der Waals surface area contributed by atoms with Crippen LogP contribution in [0.2, 0.25) is 10.0 Å². The van der Waals surface area contributed by atoms with Crippen LogP contribution in [0.25, 0.3) is 0 Å². The Hall–Kier alpha value is -0.810. The number of amides is 1. The van der Waals surface area contributed by atoms with Gasteiger partial charge in [0.2, 0.25) is 5.91 Å². The van der Waals surface area contributed by atoms with E-state index in [9.17, 15) is 9.90 Å². The second-order valence-corrected chi connectivity index (χ2v) is 4.51. The second kappa shape index (κ2) is 7.59.